The van der Waals surface area contributed by atoms with Crippen molar-refractivity contribution in [2.45, 2.75) is 0 Å². The molecule has 23 heavy (non-hydrogen) atoms. The molecule has 0 unspecified atom stereocenters. The lowest BCUT2D eigenvalue weighted by Crippen LogP contribution is -2.29. The van der Waals surface area contributed by atoms with Gasteiger partial charge in [0.2, 0.25) is 0 Å². The lowest BCUT2D eigenvalue weighted by atomic mass is 10.1. The SMILES string of the molecule is NNC(=O)c1cn(C(=O)c2ccc(Cl)cc2Cl)c2ccccc12. The van der Waals surface area contributed by atoms with E-state index in [1.807, 2.05) is 0 Å². The molecule has 3 aromatic rings. The van der Waals surface area contributed by atoms with E-state index >= 15 is 0 Å². The first-order valence-electron chi connectivity index (χ1n) is 6.63. The molecular weight excluding hydrogens is 337 g/mol. The number of nitrogens with one attached hydrogen (secondary N) is 1. The zero-order chi connectivity index (χ0) is 16.6. The predicted molar refractivity (Wildman–Crippen MR) is 89.8 cm³/mol. The van der Waals surface area contributed by atoms with Gasteiger partial charge in [0.25, 0.3) is 11.8 Å². The first-order chi connectivity index (χ1) is 11.0. The van der Waals surface area contributed by atoms with Crippen LogP contribution in [0.15, 0.2) is 48.7 Å². The number of nitrogens with two attached hydrogens (primary N) is 1. The van der Waals surface area contributed by atoms with Crippen LogP contribution in [0.5, 0.6) is 0 Å². The molecule has 7 heteroatoms. The van der Waals surface area contributed by atoms with Gasteiger partial charge in [-0.15, -0.1) is 0 Å². The number of hydrazine groups is 1. The predicted octanol–water partition coefficient (Wildman–Crippen LogP) is 3.24. The number of fused-ring (bicyclic) bond motifs is 1. The van der Waals surface area contributed by atoms with Crippen LogP contribution in [-0.4, -0.2) is 16.4 Å². The van der Waals surface area contributed by atoms with Crippen LogP contribution in [0.25, 0.3) is 10.9 Å². The van der Waals surface area contributed by atoms with Gasteiger partial charge in [0, 0.05) is 16.6 Å². The van der Waals surface area contributed by atoms with Crippen molar-refractivity contribution in [2.24, 2.45) is 5.84 Å². The van der Waals surface area contributed by atoms with Crippen molar-refractivity contribution < 1.29 is 9.59 Å². The van der Waals surface area contributed by atoms with Crippen molar-refractivity contribution in [3.63, 3.8) is 0 Å². The summed E-state index contributed by atoms with van der Waals surface area (Å²) in [4.78, 5) is 24.7. The van der Waals surface area contributed by atoms with E-state index < -0.39 is 5.91 Å². The van der Waals surface area contributed by atoms with Crippen LogP contribution in [0.2, 0.25) is 10.0 Å². The van der Waals surface area contributed by atoms with Crippen LogP contribution in [0.3, 0.4) is 0 Å². The molecule has 0 saturated heterocycles. The molecule has 0 saturated carbocycles. The summed E-state index contributed by atoms with van der Waals surface area (Å²) in [5.74, 6) is 4.36. The zero-order valence-electron chi connectivity index (χ0n) is 11.7. The number of carbonyl (C=O) groups excluding carboxylic acids is 2. The first-order valence-corrected chi connectivity index (χ1v) is 7.39. The number of benzene rings is 2. The van der Waals surface area contributed by atoms with Gasteiger partial charge in [0.15, 0.2) is 0 Å². The Kier molecular flexibility index (Phi) is 4.09. The van der Waals surface area contributed by atoms with E-state index in [1.54, 1.807) is 36.4 Å². The molecule has 116 valence electrons. The van der Waals surface area contributed by atoms with Crippen molar-refractivity contribution in [3.8, 4) is 0 Å². The maximum absolute atomic E-state index is 12.8. The largest absolute Gasteiger partial charge is 0.290 e. The molecule has 5 nitrogen and oxygen atoms in total. The minimum atomic E-state index is -0.477. The number of nitrogen functional groups attached to an aromatic ring is 1. The zero-order valence-corrected chi connectivity index (χ0v) is 13.2. The van der Waals surface area contributed by atoms with E-state index in [0.717, 1.165) is 0 Å². The molecule has 0 radical (unpaired) electrons. The molecule has 0 aliphatic rings. The summed E-state index contributed by atoms with van der Waals surface area (Å²) in [5.41, 5.74) is 3.26. The van der Waals surface area contributed by atoms with Gasteiger partial charge >= 0.3 is 0 Å². The summed E-state index contributed by atoms with van der Waals surface area (Å²) in [6, 6.07) is 11.7. The third kappa shape index (κ3) is 2.70. The van der Waals surface area contributed by atoms with Crippen LogP contribution in [0, 0.1) is 0 Å². The molecule has 3 N–H and O–H groups in total. The highest BCUT2D eigenvalue weighted by molar-refractivity contribution is 6.37. The molecule has 1 amide bonds. The van der Waals surface area contributed by atoms with Gasteiger partial charge in [0.05, 0.1) is 21.7 Å². The Hall–Kier alpha value is -2.34. The average molecular weight is 348 g/mol. The minimum absolute atomic E-state index is 0.241. The number of para-hydroxylation sites is 1. The molecule has 3 rings (SSSR count). The second kappa shape index (κ2) is 6.04. The van der Waals surface area contributed by atoms with Crippen molar-refractivity contribution in [1.29, 1.82) is 0 Å². The quantitative estimate of drug-likeness (QED) is 0.424. The summed E-state index contributed by atoms with van der Waals surface area (Å²) in [6.07, 6.45) is 1.44. The first kappa shape index (κ1) is 15.6. The Balaban J connectivity index is 2.20. The molecule has 0 atom stereocenters. The van der Waals surface area contributed by atoms with Crippen LogP contribution in [0.1, 0.15) is 20.7 Å². The number of aromatic nitrogens is 1. The molecule has 1 aromatic heterocycles. The van der Waals surface area contributed by atoms with Gasteiger partial charge in [-0.3, -0.25) is 19.6 Å². The molecule has 0 aliphatic heterocycles. The second-order valence-electron chi connectivity index (χ2n) is 4.83. The van der Waals surface area contributed by atoms with E-state index in [4.69, 9.17) is 29.0 Å². The summed E-state index contributed by atoms with van der Waals surface area (Å²) in [6.45, 7) is 0. The van der Waals surface area contributed by atoms with E-state index in [1.165, 1.54) is 16.8 Å². The van der Waals surface area contributed by atoms with Gasteiger partial charge in [-0.05, 0) is 24.3 Å². The number of halogens is 2. The lowest BCUT2D eigenvalue weighted by Gasteiger charge is -2.06. The molecule has 0 aliphatic carbocycles. The highest BCUT2D eigenvalue weighted by Gasteiger charge is 2.20. The standard InChI is InChI=1S/C16H11Cl2N3O2/c17-9-5-6-11(13(18)7-9)16(23)21-8-12(15(22)20-19)10-3-1-2-4-14(10)21/h1-8H,19H2,(H,20,22). The summed E-state index contributed by atoms with van der Waals surface area (Å²) < 4.78 is 1.37. The number of amides is 1. The van der Waals surface area contributed by atoms with Crippen molar-refractivity contribution in [2.75, 3.05) is 0 Å². The molecule has 0 bridgehead atoms. The van der Waals surface area contributed by atoms with Gasteiger partial charge in [-0.1, -0.05) is 41.4 Å². The highest BCUT2D eigenvalue weighted by atomic mass is 35.5. The Labute approximate surface area is 141 Å². The Morgan fingerprint density at radius 1 is 1.04 bits per heavy atom. The number of rotatable bonds is 2. The fraction of sp³-hybridized carbons (Fsp3) is 0. The average Bonchev–Trinajstić information content (AvgIpc) is 2.93. The van der Waals surface area contributed by atoms with Crippen LogP contribution >= 0.6 is 23.2 Å². The molecule has 2 aromatic carbocycles. The third-order valence-corrected chi connectivity index (χ3v) is 4.02. The fourth-order valence-electron chi connectivity index (χ4n) is 2.40. The number of carbonyl (C=O) groups is 2. The van der Waals surface area contributed by atoms with Crippen LogP contribution < -0.4 is 11.3 Å². The van der Waals surface area contributed by atoms with Crippen LogP contribution in [0.4, 0.5) is 0 Å². The monoisotopic (exact) mass is 347 g/mol. The van der Waals surface area contributed by atoms with Crippen molar-refractivity contribution in [3.05, 3.63) is 69.8 Å². The molecule has 1 heterocycles. The molecule has 0 fully saturated rings. The number of hydrogen-bond acceptors (Lipinski definition) is 3. The molecular formula is C16H11Cl2N3O2. The molecule has 0 spiro atoms. The van der Waals surface area contributed by atoms with Gasteiger partial charge < -0.3 is 0 Å². The lowest BCUT2D eigenvalue weighted by molar-refractivity contribution is 0.0955. The highest BCUT2D eigenvalue weighted by Crippen LogP contribution is 2.26. The van der Waals surface area contributed by atoms with Crippen molar-refractivity contribution in [1.82, 2.24) is 9.99 Å². The number of hydrogen-bond donors (Lipinski definition) is 2. The summed E-state index contributed by atoms with van der Waals surface area (Å²) >= 11 is 12.0. The minimum Gasteiger partial charge on any atom is -0.290 e. The Bertz CT molecular complexity index is 934. The normalized spacial score (nSPS) is 10.7. The summed E-state index contributed by atoms with van der Waals surface area (Å²) in [5, 5.41) is 1.30. The smallest absolute Gasteiger partial charge is 0.267 e. The summed E-state index contributed by atoms with van der Waals surface area (Å²) in [7, 11) is 0. The van der Waals surface area contributed by atoms with Gasteiger partial charge in [-0.25, -0.2) is 5.84 Å². The maximum Gasteiger partial charge on any atom is 0.267 e. The van der Waals surface area contributed by atoms with Gasteiger partial charge in [0.1, 0.15) is 0 Å². The Morgan fingerprint density at radius 2 is 1.78 bits per heavy atom. The maximum atomic E-state index is 12.8. The van der Waals surface area contributed by atoms with E-state index in [-0.39, 0.29) is 16.5 Å². The second-order valence-corrected chi connectivity index (χ2v) is 5.68. The topological polar surface area (TPSA) is 77.1 Å². The van der Waals surface area contributed by atoms with E-state index in [0.29, 0.717) is 21.5 Å². The van der Waals surface area contributed by atoms with Crippen molar-refractivity contribution >= 4 is 45.9 Å². The van der Waals surface area contributed by atoms with E-state index in [2.05, 4.69) is 5.43 Å². The third-order valence-electron chi connectivity index (χ3n) is 3.47. The number of nitrogens with zero attached hydrogens (tertiary/aromatic N) is 1. The van der Waals surface area contributed by atoms with Gasteiger partial charge in [-0.2, -0.15) is 0 Å². The fourth-order valence-corrected chi connectivity index (χ4v) is 2.89. The van der Waals surface area contributed by atoms with Crippen LogP contribution in [-0.2, 0) is 0 Å². The van der Waals surface area contributed by atoms with E-state index in [9.17, 15) is 9.59 Å². The Morgan fingerprint density at radius 3 is 2.48 bits per heavy atom.